The Morgan fingerprint density at radius 3 is 3.05 bits per heavy atom. The molecule has 1 atom stereocenters. The van der Waals surface area contributed by atoms with Crippen LogP contribution in [-0.4, -0.2) is 35.0 Å². The number of piperidine rings is 1. The molecule has 3 rings (SSSR count). The number of halogens is 1. The maximum Gasteiger partial charge on any atom is 0.220 e. The van der Waals surface area contributed by atoms with E-state index in [9.17, 15) is 4.79 Å². The van der Waals surface area contributed by atoms with Crippen LogP contribution in [0.4, 0.5) is 0 Å². The van der Waals surface area contributed by atoms with E-state index in [1.54, 1.807) is 7.11 Å². The molecule has 2 heterocycles. The largest absolute Gasteiger partial charge is 0.497 e. The van der Waals surface area contributed by atoms with Gasteiger partial charge in [-0.15, -0.1) is 11.6 Å². The molecule has 1 saturated heterocycles. The molecule has 0 saturated carbocycles. The van der Waals surface area contributed by atoms with Gasteiger partial charge >= 0.3 is 0 Å². The van der Waals surface area contributed by atoms with Crippen LogP contribution in [0.1, 0.15) is 24.7 Å². The monoisotopic (exact) mass is 307 g/mol. The van der Waals surface area contributed by atoms with Crippen LogP contribution in [-0.2, 0) is 11.2 Å². The number of aryl methyl sites for hydroxylation is 1. The molecule has 1 aliphatic heterocycles. The molecular weight excluding hydrogens is 290 g/mol. The summed E-state index contributed by atoms with van der Waals surface area (Å²) in [5, 5.41) is 2.93. The summed E-state index contributed by atoms with van der Waals surface area (Å²) >= 11 is 5.91. The lowest BCUT2D eigenvalue weighted by atomic mass is 10.1. The van der Waals surface area contributed by atoms with Gasteiger partial charge in [0.25, 0.3) is 0 Å². The average Bonchev–Trinajstić information content (AvgIpc) is 2.85. The van der Waals surface area contributed by atoms with Crippen LogP contribution in [0.5, 0.6) is 5.75 Å². The number of hydrogen-bond acceptors (Lipinski definition) is 3. The van der Waals surface area contributed by atoms with Crippen molar-refractivity contribution in [1.29, 1.82) is 0 Å². The minimum Gasteiger partial charge on any atom is -0.497 e. The molecule has 1 N–H and O–H groups in total. The zero-order chi connectivity index (χ0) is 14.8. The Hall–Kier alpha value is -1.75. The van der Waals surface area contributed by atoms with Crippen molar-refractivity contribution >= 4 is 28.5 Å². The third kappa shape index (κ3) is 2.70. The van der Waals surface area contributed by atoms with Gasteiger partial charge in [0.1, 0.15) is 11.6 Å². The molecule has 1 fully saturated rings. The van der Waals surface area contributed by atoms with Gasteiger partial charge in [0, 0.05) is 31.3 Å². The molecule has 1 aromatic carbocycles. The summed E-state index contributed by atoms with van der Waals surface area (Å²) in [4.78, 5) is 16.1. The summed E-state index contributed by atoms with van der Waals surface area (Å²) in [6.45, 7) is 0.636. The van der Waals surface area contributed by atoms with E-state index in [0.717, 1.165) is 29.0 Å². The Morgan fingerprint density at radius 2 is 2.38 bits per heavy atom. The molecule has 0 bridgehead atoms. The summed E-state index contributed by atoms with van der Waals surface area (Å²) in [5.74, 6) is 2.42. The molecule has 5 nitrogen and oxygen atoms in total. The number of amides is 1. The van der Waals surface area contributed by atoms with E-state index >= 15 is 0 Å². The van der Waals surface area contributed by atoms with E-state index in [1.165, 1.54) is 0 Å². The molecule has 0 aliphatic carbocycles. The van der Waals surface area contributed by atoms with Crippen molar-refractivity contribution in [3.05, 3.63) is 24.0 Å². The van der Waals surface area contributed by atoms with E-state index in [1.807, 2.05) is 18.2 Å². The first-order valence-electron chi connectivity index (χ1n) is 7.10. The van der Waals surface area contributed by atoms with Crippen molar-refractivity contribution in [3.63, 3.8) is 0 Å². The van der Waals surface area contributed by atoms with Crippen LogP contribution >= 0.6 is 11.6 Å². The zero-order valence-electron chi connectivity index (χ0n) is 11.9. The average molecular weight is 308 g/mol. The van der Waals surface area contributed by atoms with Gasteiger partial charge in [0.2, 0.25) is 5.91 Å². The zero-order valence-corrected chi connectivity index (χ0v) is 12.7. The van der Waals surface area contributed by atoms with E-state index in [0.29, 0.717) is 25.3 Å². The van der Waals surface area contributed by atoms with Crippen molar-refractivity contribution < 1.29 is 9.53 Å². The minimum absolute atomic E-state index is 0.118. The number of hydrogen-bond donors (Lipinski definition) is 1. The predicted octanol–water partition coefficient (Wildman–Crippen LogP) is 2.28. The van der Waals surface area contributed by atoms with Crippen LogP contribution in [0, 0.1) is 0 Å². The van der Waals surface area contributed by atoms with Crippen LogP contribution < -0.4 is 10.1 Å². The second-order valence-corrected chi connectivity index (χ2v) is 5.57. The maximum atomic E-state index is 11.4. The van der Waals surface area contributed by atoms with Crippen LogP contribution in [0.3, 0.4) is 0 Å². The number of rotatable bonds is 4. The van der Waals surface area contributed by atoms with Crippen molar-refractivity contribution in [2.24, 2.45) is 0 Å². The van der Waals surface area contributed by atoms with Crippen molar-refractivity contribution in [2.75, 3.05) is 19.5 Å². The van der Waals surface area contributed by atoms with Gasteiger partial charge in [0.05, 0.1) is 24.2 Å². The Bertz CT molecular complexity index is 658. The van der Waals surface area contributed by atoms with E-state index in [4.69, 9.17) is 16.3 Å². The molecular formula is C15H18ClN3O2. The number of fused-ring (bicyclic) bond motifs is 1. The Kier molecular flexibility index (Phi) is 4.01. The first-order valence-corrected chi connectivity index (χ1v) is 7.64. The number of alkyl halides is 1. The molecule has 2 aromatic rings. The number of methoxy groups -OCH3 is 1. The van der Waals surface area contributed by atoms with Gasteiger partial charge in [-0.05, 0) is 18.6 Å². The third-order valence-corrected chi connectivity index (χ3v) is 4.08. The highest BCUT2D eigenvalue weighted by atomic mass is 35.5. The molecule has 6 heteroatoms. The molecule has 1 aromatic heterocycles. The highest BCUT2D eigenvalue weighted by molar-refractivity contribution is 6.17. The van der Waals surface area contributed by atoms with Crippen LogP contribution in [0.25, 0.3) is 11.0 Å². The summed E-state index contributed by atoms with van der Waals surface area (Å²) in [6.07, 6.45) is 2.08. The summed E-state index contributed by atoms with van der Waals surface area (Å²) in [5.41, 5.74) is 1.98. The minimum atomic E-state index is 0.118. The lowest BCUT2D eigenvalue weighted by molar-refractivity contribution is -0.122. The first kappa shape index (κ1) is 14.2. The van der Waals surface area contributed by atoms with Crippen LogP contribution in [0.2, 0.25) is 0 Å². The van der Waals surface area contributed by atoms with Gasteiger partial charge in [-0.1, -0.05) is 0 Å². The Balaban J connectivity index is 2.07. The quantitative estimate of drug-likeness (QED) is 0.882. The number of carbonyl (C=O) groups is 1. The third-order valence-electron chi connectivity index (χ3n) is 3.89. The van der Waals surface area contributed by atoms with Crippen molar-refractivity contribution in [2.45, 2.75) is 25.3 Å². The molecule has 0 radical (unpaired) electrons. The lowest BCUT2D eigenvalue weighted by Gasteiger charge is -2.26. The first-order chi connectivity index (χ1) is 10.2. The van der Waals surface area contributed by atoms with Gasteiger partial charge in [-0.25, -0.2) is 4.98 Å². The van der Waals surface area contributed by atoms with Gasteiger partial charge in [-0.2, -0.15) is 0 Å². The standard InChI is InChI=1S/C15H18ClN3O2/c1-21-11-3-4-12-13(8-11)19(14(18-12)6-7-16)10-2-5-15(20)17-9-10/h3-4,8,10H,2,5-7,9H2,1H3,(H,17,20). The number of benzene rings is 1. The lowest BCUT2D eigenvalue weighted by Crippen LogP contribution is -2.36. The molecule has 1 unspecified atom stereocenters. The predicted molar refractivity (Wildman–Crippen MR) is 82.0 cm³/mol. The second-order valence-electron chi connectivity index (χ2n) is 5.19. The molecule has 112 valence electrons. The fourth-order valence-corrected chi connectivity index (χ4v) is 3.03. The smallest absolute Gasteiger partial charge is 0.220 e. The fourth-order valence-electron chi connectivity index (χ4n) is 2.86. The number of imidazole rings is 1. The van der Waals surface area contributed by atoms with E-state index in [2.05, 4.69) is 14.9 Å². The number of carbonyl (C=O) groups excluding carboxylic acids is 1. The van der Waals surface area contributed by atoms with Gasteiger partial charge in [-0.3, -0.25) is 4.79 Å². The van der Waals surface area contributed by atoms with E-state index < -0.39 is 0 Å². The summed E-state index contributed by atoms with van der Waals surface area (Å²) in [7, 11) is 1.66. The number of nitrogens with zero attached hydrogens (tertiary/aromatic N) is 2. The van der Waals surface area contributed by atoms with Crippen molar-refractivity contribution in [3.8, 4) is 5.75 Å². The summed E-state index contributed by atoms with van der Waals surface area (Å²) < 4.78 is 7.52. The highest BCUT2D eigenvalue weighted by Crippen LogP contribution is 2.28. The SMILES string of the molecule is COc1ccc2nc(CCCl)n(C3CCC(=O)NC3)c2c1. The second kappa shape index (κ2) is 5.93. The number of aromatic nitrogens is 2. The molecule has 1 aliphatic rings. The van der Waals surface area contributed by atoms with Gasteiger partial charge in [0.15, 0.2) is 0 Å². The number of ether oxygens (including phenoxy) is 1. The summed E-state index contributed by atoms with van der Waals surface area (Å²) in [6, 6.07) is 6.09. The molecule has 0 spiro atoms. The topological polar surface area (TPSA) is 56.2 Å². The van der Waals surface area contributed by atoms with E-state index in [-0.39, 0.29) is 11.9 Å². The van der Waals surface area contributed by atoms with Crippen molar-refractivity contribution in [1.82, 2.24) is 14.9 Å². The Labute approximate surface area is 128 Å². The number of nitrogens with one attached hydrogen (secondary N) is 1. The highest BCUT2D eigenvalue weighted by Gasteiger charge is 2.24. The Morgan fingerprint density at radius 1 is 1.52 bits per heavy atom. The normalized spacial score (nSPS) is 18.8. The molecule has 21 heavy (non-hydrogen) atoms. The van der Waals surface area contributed by atoms with Crippen LogP contribution in [0.15, 0.2) is 18.2 Å². The molecule has 1 amide bonds. The van der Waals surface area contributed by atoms with Gasteiger partial charge < -0.3 is 14.6 Å². The fraction of sp³-hybridized carbons (Fsp3) is 0.467. The maximum absolute atomic E-state index is 11.4.